The summed E-state index contributed by atoms with van der Waals surface area (Å²) in [6.45, 7) is 1.65. The highest BCUT2D eigenvalue weighted by atomic mass is 19.4. The summed E-state index contributed by atoms with van der Waals surface area (Å²) < 4.78 is 83.7. The topological polar surface area (TPSA) is 155 Å². The molecule has 6 aromatic rings. The maximum Gasteiger partial charge on any atom is 0.573 e. The average molecular weight is 847 g/mol. The van der Waals surface area contributed by atoms with Gasteiger partial charge in [0.1, 0.15) is 11.5 Å². The van der Waals surface area contributed by atoms with E-state index in [9.17, 15) is 31.5 Å². The zero-order chi connectivity index (χ0) is 42.8. The first-order valence-electron chi connectivity index (χ1n) is 18.9. The normalized spacial score (nSPS) is 16.6. The summed E-state index contributed by atoms with van der Waals surface area (Å²) in [6, 6.07) is 26.1. The minimum Gasteiger partial charge on any atom is -0.435 e. The van der Waals surface area contributed by atoms with Gasteiger partial charge in [-0.3, -0.25) is 9.59 Å². The summed E-state index contributed by atoms with van der Waals surface area (Å²) in [7, 11) is 0. The van der Waals surface area contributed by atoms with Crippen LogP contribution < -0.4 is 30.7 Å². The molecule has 2 aliphatic heterocycles. The molecule has 2 amide bonds. The Hall–Kier alpha value is -6.67. The third-order valence-electron chi connectivity index (χ3n) is 9.29. The van der Waals surface area contributed by atoms with Crippen molar-refractivity contribution in [2.45, 2.75) is 25.2 Å². The monoisotopic (exact) mass is 846 g/mol. The zero-order valence-corrected chi connectivity index (χ0v) is 32.1. The second-order valence-electron chi connectivity index (χ2n) is 13.5. The van der Waals surface area contributed by atoms with Crippen LogP contribution in [0.2, 0.25) is 0 Å². The number of aromatic nitrogens is 4. The number of nitrogens with zero attached hydrogens (tertiary/aromatic N) is 4. The van der Waals surface area contributed by atoms with Crippen molar-refractivity contribution >= 4 is 23.2 Å². The number of rotatable bonds is 11. The third kappa shape index (κ3) is 12.0. The molecule has 2 fully saturated rings. The molecule has 19 heteroatoms. The van der Waals surface area contributed by atoms with E-state index in [4.69, 9.17) is 9.47 Å². The summed E-state index contributed by atoms with van der Waals surface area (Å²) in [5.41, 5.74) is 5.13. The Labute approximate surface area is 345 Å². The van der Waals surface area contributed by atoms with Gasteiger partial charge in [0.05, 0.1) is 60.3 Å². The maximum absolute atomic E-state index is 12.5. The predicted molar refractivity (Wildman–Crippen MR) is 212 cm³/mol. The predicted octanol–water partition coefficient (Wildman–Crippen LogP) is 7.07. The minimum absolute atomic E-state index is 0.00958. The van der Waals surface area contributed by atoms with Crippen LogP contribution in [0.25, 0.3) is 11.4 Å². The maximum atomic E-state index is 12.5. The lowest BCUT2D eigenvalue weighted by molar-refractivity contribution is -0.274. The van der Waals surface area contributed by atoms with E-state index < -0.39 is 13.0 Å². The largest absolute Gasteiger partial charge is 0.573 e. The number of anilines is 2. The molecule has 318 valence electrons. The molecule has 2 aromatic heterocycles. The molecule has 2 atom stereocenters. The fourth-order valence-corrected chi connectivity index (χ4v) is 6.27. The van der Waals surface area contributed by atoms with Crippen LogP contribution in [0.4, 0.5) is 33.3 Å². The molecule has 2 saturated heterocycles. The van der Waals surface area contributed by atoms with Crippen molar-refractivity contribution in [1.82, 2.24) is 30.2 Å². The average Bonchev–Trinajstić information content (AvgIpc) is 3.97. The Balaban J connectivity index is 0.000000184. The van der Waals surface area contributed by atoms with Crippen LogP contribution in [0.5, 0.6) is 11.5 Å². The molecule has 0 aliphatic carbocycles. The number of ether oxygens (including phenoxy) is 4. The molecule has 0 saturated carbocycles. The standard InChI is InChI=1S/C21H19F3N4O3.C21H20F2N4O3/c22-21(23,24)31-18-7-5-17(6-8-18)28-13-15(11-26-28)20(29)27-16-3-1-14(2-4-16)19-12-25-9-10-30-19;22-21(23)30-18-7-5-17(6-8-18)27-13-15(11-25-27)20(28)26-16-3-1-14(2-4-16)19-12-24-9-10-29-19/h1-8,11,13,19,25H,9-10,12H2,(H,27,29);1-8,11,13,19,21,24H,9-10,12H2,(H,26,28)/t2*19-/m10/s1. The third-order valence-corrected chi connectivity index (χ3v) is 9.29. The van der Waals surface area contributed by atoms with Crippen molar-refractivity contribution in [3.05, 3.63) is 144 Å². The summed E-state index contributed by atoms with van der Waals surface area (Å²) in [5.74, 6) is -0.940. The molecular weight excluding hydrogens is 808 g/mol. The van der Waals surface area contributed by atoms with Crippen LogP contribution in [-0.2, 0) is 9.47 Å². The second-order valence-corrected chi connectivity index (χ2v) is 13.5. The molecule has 61 heavy (non-hydrogen) atoms. The van der Waals surface area contributed by atoms with Gasteiger partial charge < -0.3 is 40.2 Å². The fourth-order valence-electron chi connectivity index (χ4n) is 6.27. The quantitative estimate of drug-likeness (QED) is 0.0996. The highest BCUT2D eigenvalue weighted by Gasteiger charge is 2.31. The molecule has 0 radical (unpaired) electrons. The summed E-state index contributed by atoms with van der Waals surface area (Å²) in [4.78, 5) is 25.0. The number of nitrogens with one attached hydrogen (secondary N) is 4. The molecule has 4 aromatic carbocycles. The van der Waals surface area contributed by atoms with Crippen LogP contribution in [0, 0.1) is 0 Å². The van der Waals surface area contributed by atoms with Crippen LogP contribution in [-0.4, -0.2) is 83.7 Å². The lowest BCUT2D eigenvalue weighted by Crippen LogP contribution is -2.33. The first-order chi connectivity index (χ1) is 29.5. The van der Waals surface area contributed by atoms with Gasteiger partial charge in [0, 0.05) is 49.9 Å². The summed E-state index contributed by atoms with van der Waals surface area (Å²) >= 11 is 0. The summed E-state index contributed by atoms with van der Waals surface area (Å²) in [5, 5.41) is 20.4. The SMILES string of the molecule is O=C(Nc1ccc([C@@H]2CNCCO2)cc1)c1cnn(-c2ccc(OC(F)F)cc2)c1.O=C(Nc1ccc([C@H]2CNCCO2)cc1)c1cnn(-c2ccc(OC(F)(F)F)cc2)c1. The molecule has 0 bridgehead atoms. The molecule has 4 N–H and O–H groups in total. The van der Waals surface area contributed by atoms with Gasteiger partial charge in [-0.25, -0.2) is 9.36 Å². The van der Waals surface area contributed by atoms with E-state index in [0.29, 0.717) is 47.1 Å². The number of morpholine rings is 2. The van der Waals surface area contributed by atoms with Gasteiger partial charge in [-0.1, -0.05) is 24.3 Å². The Morgan fingerprint density at radius 3 is 1.46 bits per heavy atom. The molecule has 0 spiro atoms. The number of benzene rings is 4. The van der Waals surface area contributed by atoms with Crippen molar-refractivity contribution in [1.29, 1.82) is 0 Å². The van der Waals surface area contributed by atoms with Gasteiger partial charge in [0.2, 0.25) is 0 Å². The number of hydrogen-bond donors (Lipinski definition) is 4. The van der Waals surface area contributed by atoms with Crippen molar-refractivity contribution in [3.63, 3.8) is 0 Å². The molecule has 0 unspecified atom stereocenters. The van der Waals surface area contributed by atoms with E-state index in [2.05, 4.69) is 40.9 Å². The van der Waals surface area contributed by atoms with Gasteiger partial charge in [0.25, 0.3) is 11.8 Å². The van der Waals surface area contributed by atoms with Gasteiger partial charge in [-0.2, -0.15) is 19.0 Å². The molecule has 4 heterocycles. The highest BCUT2D eigenvalue weighted by molar-refractivity contribution is 6.04. The molecular formula is C42H39F5N8O6. The number of carbonyl (C=O) groups excluding carboxylic acids is 2. The fraction of sp³-hybridized carbons (Fsp3) is 0.238. The van der Waals surface area contributed by atoms with E-state index in [1.165, 1.54) is 64.4 Å². The molecule has 2 aliphatic rings. The smallest absolute Gasteiger partial charge is 0.435 e. The van der Waals surface area contributed by atoms with Crippen LogP contribution in [0.15, 0.2) is 122 Å². The van der Waals surface area contributed by atoms with E-state index in [-0.39, 0.29) is 35.5 Å². The second kappa shape index (κ2) is 19.6. The van der Waals surface area contributed by atoms with Crippen LogP contribution in [0.1, 0.15) is 44.1 Å². The van der Waals surface area contributed by atoms with E-state index in [1.807, 2.05) is 36.4 Å². The Morgan fingerprint density at radius 1 is 0.656 bits per heavy atom. The number of halogens is 5. The first-order valence-corrected chi connectivity index (χ1v) is 18.9. The van der Waals surface area contributed by atoms with Crippen molar-refractivity contribution < 1.29 is 50.5 Å². The Morgan fingerprint density at radius 2 is 1.08 bits per heavy atom. The number of alkyl halides is 5. The molecule has 14 nitrogen and oxygen atoms in total. The number of hydrogen-bond acceptors (Lipinski definition) is 10. The zero-order valence-electron chi connectivity index (χ0n) is 32.1. The lowest BCUT2D eigenvalue weighted by atomic mass is 10.1. The number of amides is 2. The first kappa shape index (κ1) is 42.5. The minimum atomic E-state index is -4.75. The summed E-state index contributed by atoms with van der Waals surface area (Å²) in [6.07, 6.45) is 1.12. The van der Waals surface area contributed by atoms with E-state index in [0.717, 1.165) is 37.3 Å². The van der Waals surface area contributed by atoms with E-state index >= 15 is 0 Å². The molecule has 8 rings (SSSR count). The van der Waals surface area contributed by atoms with E-state index in [1.54, 1.807) is 30.5 Å². The Kier molecular flexibility index (Phi) is 13.6. The van der Waals surface area contributed by atoms with Crippen molar-refractivity contribution in [2.75, 3.05) is 50.0 Å². The van der Waals surface area contributed by atoms with Crippen LogP contribution in [0.3, 0.4) is 0 Å². The highest BCUT2D eigenvalue weighted by Crippen LogP contribution is 2.25. The van der Waals surface area contributed by atoms with Gasteiger partial charge in [-0.15, -0.1) is 13.2 Å². The Bertz CT molecular complexity index is 2340. The van der Waals surface area contributed by atoms with Gasteiger partial charge in [0.15, 0.2) is 0 Å². The lowest BCUT2D eigenvalue weighted by Gasteiger charge is -2.24. The van der Waals surface area contributed by atoms with Gasteiger partial charge >= 0.3 is 13.0 Å². The van der Waals surface area contributed by atoms with Crippen LogP contribution >= 0.6 is 0 Å². The number of carbonyl (C=O) groups is 2. The van der Waals surface area contributed by atoms with Crippen molar-refractivity contribution in [3.8, 4) is 22.9 Å². The van der Waals surface area contributed by atoms with Crippen molar-refractivity contribution in [2.24, 2.45) is 0 Å². The van der Waals surface area contributed by atoms with Gasteiger partial charge in [-0.05, 0) is 83.9 Å².